The van der Waals surface area contributed by atoms with Crippen LogP contribution in [0.5, 0.6) is 0 Å². The normalized spacial score (nSPS) is 14.6. The first kappa shape index (κ1) is 24.4. The average molecular weight is 486 g/mol. The van der Waals surface area contributed by atoms with E-state index in [9.17, 15) is 4.79 Å². The van der Waals surface area contributed by atoms with E-state index < -0.39 is 0 Å². The number of ether oxygens (including phenoxy) is 1. The van der Waals surface area contributed by atoms with E-state index in [1.165, 1.54) is 0 Å². The van der Waals surface area contributed by atoms with Crippen LogP contribution in [-0.2, 0) is 22.5 Å². The summed E-state index contributed by atoms with van der Waals surface area (Å²) in [7, 11) is 0. The molecule has 1 aliphatic heterocycles. The summed E-state index contributed by atoms with van der Waals surface area (Å²) in [6, 6.07) is 5.42. The van der Waals surface area contributed by atoms with Gasteiger partial charge in [0, 0.05) is 49.5 Å². The number of rotatable bonds is 11. The molecule has 1 amide bonds. The smallest absolute Gasteiger partial charge is 0.225 e. The number of anilines is 2. The number of nitrogens with one attached hydrogen (secondary N) is 2. The van der Waals surface area contributed by atoms with Crippen LogP contribution in [0.2, 0.25) is 5.02 Å². The maximum Gasteiger partial charge on any atom is 0.225 e. The van der Waals surface area contributed by atoms with Crippen LogP contribution in [0.25, 0.3) is 11.0 Å². The van der Waals surface area contributed by atoms with E-state index in [1.807, 2.05) is 16.9 Å². The van der Waals surface area contributed by atoms with Crippen LogP contribution in [0.1, 0.15) is 31.5 Å². The second-order valence-corrected chi connectivity index (χ2v) is 9.39. The van der Waals surface area contributed by atoms with Gasteiger partial charge in [0.1, 0.15) is 0 Å². The van der Waals surface area contributed by atoms with Crippen molar-refractivity contribution in [3.63, 3.8) is 0 Å². The van der Waals surface area contributed by atoms with Crippen molar-refractivity contribution in [2.75, 3.05) is 50.0 Å². The largest absolute Gasteiger partial charge is 0.379 e. The molecule has 0 unspecified atom stereocenters. The fourth-order valence-electron chi connectivity index (χ4n) is 4.11. The average Bonchev–Trinajstić information content (AvgIpc) is 3.21. The van der Waals surface area contributed by atoms with Crippen molar-refractivity contribution in [3.8, 4) is 0 Å². The lowest BCUT2D eigenvalue weighted by Gasteiger charge is -2.26. The molecule has 4 rings (SSSR count). The first-order valence-electron chi connectivity index (χ1n) is 11.8. The number of morpholine rings is 1. The Morgan fingerprint density at radius 3 is 2.82 bits per heavy atom. The Hall–Kier alpha value is -2.75. The van der Waals surface area contributed by atoms with Gasteiger partial charge in [0.25, 0.3) is 0 Å². The number of benzene rings is 1. The molecule has 0 atom stereocenters. The topological polar surface area (TPSA) is 97.2 Å². The van der Waals surface area contributed by atoms with Crippen molar-refractivity contribution in [3.05, 3.63) is 40.7 Å². The highest BCUT2D eigenvalue weighted by molar-refractivity contribution is 6.30. The molecule has 182 valence electrons. The number of amides is 1. The molecular weight excluding hydrogens is 454 g/mol. The molecule has 1 saturated heterocycles. The number of hydrogen-bond donors (Lipinski definition) is 2. The van der Waals surface area contributed by atoms with Gasteiger partial charge in [-0.25, -0.2) is 4.98 Å². The Balaban J connectivity index is 1.56. The van der Waals surface area contributed by atoms with Gasteiger partial charge in [-0.05, 0) is 42.6 Å². The van der Waals surface area contributed by atoms with E-state index in [2.05, 4.69) is 34.4 Å². The predicted octanol–water partition coefficient (Wildman–Crippen LogP) is 3.43. The van der Waals surface area contributed by atoms with Crippen LogP contribution in [-0.4, -0.2) is 70.5 Å². The van der Waals surface area contributed by atoms with Crippen LogP contribution in [0, 0.1) is 5.92 Å². The zero-order valence-corrected chi connectivity index (χ0v) is 20.5. The van der Waals surface area contributed by atoms with E-state index in [-0.39, 0.29) is 0 Å². The summed E-state index contributed by atoms with van der Waals surface area (Å²) in [5.74, 6) is 1.02. The fourth-order valence-corrected chi connectivity index (χ4v) is 4.31. The summed E-state index contributed by atoms with van der Waals surface area (Å²) in [5, 5.41) is 12.3. The summed E-state index contributed by atoms with van der Waals surface area (Å²) < 4.78 is 7.35. The van der Waals surface area contributed by atoms with E-state index in [0.717, 1.165) is 69.0 Å². The summed E-state index contributed by atoms with van der Waals surface area (Å²) in [6.45, 7) is 10.5. The van der Waals surface area contributed by atoms with Crippen LogP contribution < -0.4 is 10.6 Å². The Kier molecular flexibility index (Phi) is 8.31. The molecule has 34 heavy (non-hydrogen) atoms. The number of aromatic nitrogens is 4. The fraction of sp³-hybridized carbons (Fsp3) is 0.500. The van der Waals surface area contributed by atoms with Crippen molar-refractivity contribution in [2.45, 2.75) is 33.2 Å². The van der Waals surface area contributed by atoms with Crippen LogP contribution >= 0.6 is 11.6 Å². The zero-order chi connectivity index (χ0) is 23.9. The molecule has 1 aromatic carbocycles. The molecule has 3 heterocycles. The highest BCUT2D eigenvalue weighted by Gasteiger charge is 2.15. The first-order valence-corrected chi connectivity index (χ1v) is 12.2. The van der Waals surface area contributed by atoms with E-state index in [4.69, 9.17) is 26.4 Å². The second-order valence-electron chi connectivity index (χ2n) is 8.95. The standard InChI is InChI=1S/C24H32ClN7O2/c1-17(2)14-32-15-20-22(13-18-12-19(25)4-5-21(18)27-16-33)28-24(29-23(20)30-32)26-6-3-7-31-8-10-34-11-9-31/h4-5,12,15-17H,3,6-11,13-14H2,1-2H3,(H,27,33)(H,26,29,30). The lowest BCUT2D eigenvalue weighted by molar-refractivity contribution is -0.105. The zero-order valence-electron chi connectivity index (χ0n) is 19.8. The number of hydrogen-bond acceptors (Lipinski definition) is 7. The number of fused-ring (bicyclic) bond motifs is 1. The van der Waals surface area contributed by atoms with Crippen LogP contribution in [0.15, 0.2) is 24.4 Å². The SMILES string of the molecule is CC(C)Cn1cc2c(Cc3cc(Cl)ccc3NC=O)nc(NCCCN3CCOCC3)nc2n1. The molecule has 10 heteroatoms. The molecule has 0 spiro atoms. The molecule has 9 nitrogen and oxygen atoms in total. The summed E-state index contributed by atoms with van der Waals surface area (Å²) in [4.78, 5) is 23.0. The van der Waals surface area contributed by atoms with E-state index >= 15 is 0 Å². The third kappa shape index (κ3) is 6.43. The number of halogens is 1. The molecule has 2 N–H and O–H groups in total. The van der Waals surface area contributed by atoms with Crippen LogP contribution in [0.3, 0.4) is 0 Å². The lowest BCUT2D eigenvalue weighted by Crippen LogP contribution is -2.37. The maximum absolute atomic E-state index is 11.1. The lowest BCUT2D eigenvalue weighted by atomic mass is 10.1. The summed E-state index contributed by atoms with van der Waals surface area (Å²) >= 11 is 6.25. The quantitative estimate of drug-likeness (QED) is 0.317. The van der Waals surface area contributed by atoms with E-state index in [0.29, 0.717) is 41.1 Å². The Bertz CT molecular complexity index is 1110. The van der Waals surface area contributed by atoms with Crippen molar-refractivity contribution in [2.24, 2.45) is 5.92 Å². The highest BCUT2D eigenvalue weighted by atomic mass is 35.5. The minimum atomic E-state index is 0.458. The molecule has 2 aromatic heterocycles. The van der Waals surface area contributed by atoms with Crippen molar-refractivity contribution in [1.82, 2.24) is 24.6 Å². The van der Waals surface area contributed by atoms with Gasteiger partial charge in [-0.3, -0.25) is 14.4 Å². The second kappa shape index (κ2) is 11.6. The molecular formula is C24H32ClN7O2. The molecule has 0 aliphatic carbocycles. The molecule has 1 aliphatic rings. The molecule has 1 fully saturated rings. The highest BCUT2D eigenvalue weighted by Crippen LogP contribution is 2.26. The Labute approximate surface area is 204 Å². The van der Waals surface area contributed by atoms with Gasteiger partial charge in [-0.15, -0.1) is 0 Å². The predicted molar refractivity (Wildman–Crippen MR) is 134 cm³/mol. The van der Waals surface area contributed by atoms with Gasteiger partial charge in [0.15, 0.2) is 5.65 Å². The van der Waals surface area contributed by atoms with Gasteiger partial charge in [-0.2, -0.15) is 10.1 Å². The summed E-state index contributed by atoms with van der Waals surface area (Å²) in [5.41, 5.74) is 3.09. The van der Waals surface area contributed by atoms with Crippen molar-refractivity contribution in [1.29, 1.82) is 0 Å². The first-order chi connectivity index (χ1) is 16.5. The molecule has 0 saturated carbocycles. The van der Waals surface area contributed by atoms with Crippen molar-refractivity contribution >= 4 is 40.7 Å². The van der Waals surface area contributed by atoms with Gasteiger partial charge in [0.2, 0.25) is 12.4 Å². The summed E-state index contributed by atoms with van der Waals surface area (Å²) in [6.07, 6.45) is 4.15. The van der Waals surface area contributed by atoms with Gasteiger partial charge in [-0.1, -0.05) is 25.4 Å². The number of carbonyl (C=O) groups excluding carboxylic acids is 1. The van der Waals surface area contributed by atoms with Crippen molar-refractivity contribution < 1.29 is 9.53 Å². The van der Waals surface area contributed by atoms with Gasteiger partial charge >= 0.3 is 0 Å². The van der Waals surface area contributed by atoms with E-state index in [1.54, 1.807) is 12.1 Å². The molecule has 0 radical (unpaired) electrons. The van der Waals surface area contributed by atoms with Gasteiger partial charge in [0.05, 0.1) is 24.3 Å². The number of carbonyl (C=O) groups is 1. The maximum atomic E-state index is 11.1. The molecule has 3 aromatic rings. The Morgan fingerprint density at radius 2 is 2.06 bits per heavy atom. The minimum Gasteiger partial charge on any atom is -0.379 e. The number of nitrogens with zero attached hydrogens (tertiary/aromatic N) is 5. The van der Waals surface area contributed by atoms with Gasteiger partial charge < -0.3 is 15.4 Å². The Morgan fingerprint density at radius 1 is 1.24 bits per heavy atom. The monoisotopic (exact) mass is 485 g/mol. The minimum absolute atomic E-state index is 0.458. The van der Waals surface area contributed by atoms with Crippen LogP contribution in [0.4, 0.5) is 11.6 Å². The third-order valence-electron chi connectivity index (χ3n) is 5.74. The third-order valence-corrected chi connectivity index (χ3v) is 5.97. The molecule has 0 bridgehead atoms.